The molecule has 0 radical (unpaired) electrons. The molecule has 2 aliphatic rings. The van der Waals surface area contributed by atoms with Crippen molar-refractivity contribution in [2.24, 2.45) is 5.92 Å². The topological polar surface area (TPSA) is 15.3 Å². The number of hydrogen-bond acceptors (Lipinski definition) is 2. The number of hydrogen-bond donors (Lipinski definition) is 1. The van der Waals surface area contributed by atoms with Gasteiger partial charge >= 0.3 is 0 Å². The van der Waals surface area contributed by atoms with Crippen molar-refractivity contribution in [3.8, 4) is 0 Å². The van der Waals surface area contributed by atoms with E-state index in [2.05, 4.69) is 31.0 Å². The summed E-state index contributed by atoms with van der Waals surface area (Å²) in [5.74, 6) is 0.907. The SMILES string of the molecule is CCNC(C1CCCCC1)C(CC)(CC)N1CCCC1. The molecule has 2 heteroatoms. The highest BCUT2D eigenvalue weighted by Crippen LogP contribution is 2.39. The molecule has 2 fully saturated rings. The highest BCUT2D eigenvalue weighted by molar-refractivity contribution is 5.03. The van der Waals surface area contributed by atoms with E-state index in [4.69, 9.17) is 0 Å². The number of rotatable bonds is 7. The van der Waals surface area contributed by atoms with E-state index in [-0.39, 0.29) is 0 Å². The fourth-order valence-electron chi connectivity index (χ4n) is 4.98. The van der Waals surface area contributed by atoms with Crippen molar-refractivity contribution in [3.05, 3.63) is 0 Å². The van der Waals surface area contributed by atoms with Crippen molar-refractivity contribution in [2.45, 2.75) is 90.1 Å². The Kier molecular flexibility index (Phi) is 6.35. The van der Waals surface area contributed by atoms with Crippen molar-refractivity contribution in [1.29, 1.82) is 0 Å². The Morgan fingerprint density at radius 3 is 2.05 bits per heavy atom. The van der Waals surface area contributed by atoms with Gasteiger partial charge in [-0.3, -0.25) is 4.90 Å². The highest BCUT2D eigenvalue weighted by atomic mass is 15.2. The molecule has 1 saturated carbocycles. The summed E-state index contributed by atoms with van der Waals surface area (Å²) < 4.78 is 0. The molecule has 1 aliphatic carbocycles. The molecule has 118 valence electrons. The van der Waals surface area contributed by atoms with Crippen molar-refractivity contribution in [2.75, 3.05) is 19.6 Å². The lowest BCUT2D eigenvalue weighted by Crippen LogP contribution is -2.63. The Morgan fingerprint density at radius 1 is 0.950 bits per heavy atom. The number of nitrogens with zero attached hydrogens (tertiary/aromatic N) is 1. The second-order valence-corrected chi connectivity index (χ2v) is 6.94. The van der Waals surface area contributed by atoms with Gasteiger partial charge < -0.3 is 5.32 Å². The van der Waals surface area contributed by atoms with Crippen LogP contribution >= 0.6 is 0 Å². The molecule has 0 aromatic carbocycles. The zero-order valence-corrected chi connectivity index (χ0v) is 14.1. The lowest BCUT2D eigenvalue weighted by Gasteiger charge is -2.51. The molecular formula is C18H36N2. The molecule has 0 spiro atoms. The summed E-state index contributed by atoms with van der Waals surface area (Å²) in [6, 6.07) is 0.709. The van der Waals surface area contributed by atoms with Crippen LogP contribution in [0.15, 0.2) is 0 Å². The Morgan fingerprint density at radius 2 is 1.55 bits per heavy atom. The van der Waals surface area contributed by atoms with E-state index in [0.29, 0.717) is 11.6 Å². The van der Waals surface area contributed by atoms with Crippen LogP contribution in [0.5, 0.6) is 0 Å². The zero-order valence-electron chi connectivity index (χ0n) is 14.1. The summed E-state index contributed by atoms with van der Waals surface area (Å²) >= 11 is 0. The third-order valence-corrected chi connectivity index (χ3v) is 6.08. The molecular weight excluding hydrogens is 244 g/mol. The van der Waals surface area contributed by atoms with Crippen LogP contribution in [0.25, 0.3) is 0 Å². The second-order valence-electron chi connectivity index (χ2n) is 6.94. The first kappa shape index (κ1) is 16.3. The maximum absolute atomic E-state index is 3.93. The molecule has 1 aliphatic heterocycles. The predicted octanol–water partition coefficient (Wildman–Crippen LogP) is 4.20. The normalized spacial score (nSPS) is 24.1. The lowest BCUT2D eigenvalue weighted by molar-refractivity contribution is 0.0292. The fraction of sp³-hybridized carbons (Fsp3) is 1.00. The summed E-state index contributed by atoms with van der Waals surface area (Å²) in [6.45, 7) is 10.9. The van der Waals surface area contributed by atoms with Gasteiger partial charge in [0.1, 0.15) is 0 Å². The maximum atomic E-state index is 3.93. The van der Waals surface area contributed by atoms with E-state index in [1.165, 1.54) is 70.9 Å². The van der Waals surface area contributed by atoms with E-state index in [0.717, 1.165) is 12.5 Å². The molecule has 2 rings (SSSR count). The molecule has 1 heterocycles. The molecule has 20 heavy (non-hydrogen) atoms. The summed E-state index contributed by atoms with van der Waals surface area (Å²) in [7, 11) is 0. The van der Waals surface area contributed by atoms with Gasteiger partial charge in [-0.15, -0.1) is 0 Å². The molecule has 0 aromatic heterocycles. The first-order chi connectivity index (χ1) is 9.78. The molecule has 1 atom stereocenters. The third-order valence-electron chi connectivity index (χ3n) is 6.08. The monoisotopic (exact) mass is 280 g/mol. The third kappa shape index (κ3) is 3.22. The van der Waals surface area contributed by atoms with Gasteiger partial charge in [0.15, 0.2) is 0 Å². The summed E-state index contributed by atoms with van der Waals surface area (Å²) in [6.07, 6.45) is 12.7. The largest absolute Gasteiger partial charge is 0.312 e. The molecule has 1 N–H and O–H groups in total. The van der Waals surface area contributed by atoms with Gasteiger partial charge in [0.2, 0.25) is 0 Å². The second kappa shape index (κ2) is 7.79. The van der Waals surface area contributed by atoms with Gasteiger partial charge in [-0.2, -0.15) is 0 Å². The molecule has 0 bridgehead atoms. The van der Waals surface area contributed by atoms with Gasteiger partial charge in [0, 0.05) is 11.6 Å². The Bertz CT molecular complexity index is 261. The highest BCUT2D eigenvalue weighted by Gasteiger charge is 2.44. The van der Waals surface area contributed by atoms with Gasteiger partial charge in [-0.05, 0) is 64.1 Å². The van der Waals surface area contributed by atoms with Gasteiger partial charge in [-0.25, -0.2) is 0 Å². The lowest BCUT2D eigenvalue weighted by atomic mass is 9.71. The Balaban J connectivity index is 2.20. The van der Waals surface area contributed by atoms with Crippen LogP contribution in [0.3, 0.4) is 0 Å². The maximum Gasteiger partial charge on any atom is 0.0359 e. The quantitative estimate of drug-likeness (QED) is 0.752. The Hall–Kier alpha value is -0.0800. The van der Waals surface area contributed by atoms with E-state index in [1.807, 2.05) is 0 Å². The number of likely N-dealkylation sites (N-methyl/N-ethyl adjacent to an activating group) is 1. The molecule has 1 saturated heterocycles. The van der Waals surface area contributed by atoms with Gasteiger partial charge in [0.05, 0.1) is 0 Å². The van der Waals surface area contributed by atoms with E-state index in [1.54, 1.807) is 0 Å². The van der Waals surface area contributed by atoms with Crippen molar-refractivity contribution < 1.29 is 0 Å². The van der Waals surface area contributed by atoms with Crippen molar-refractivity contribution >= 4 is 0 Å². The van der Waals surface area contributed by atoms with Crippen LogP contribution in [0.1, 0.15) is 78.6 Å². The minimum atomic E-state index is 0.411. The molecule has 1 unspecified atom stereocenters. The molecule has 0 amide bonds. The molecule has 2 nitrogen and oxygen atoms in total. The molecule has 0 aromatic rings. The van der Waals surface area contributed by atoms with Crippen LogP contribution in [-0.4, -0.2) is 36.1 Å². The predicted molar refractivity (Wildman–Crippen MR) is 88.2 cm³/mol. The minimum Gasteiger partial charge on any atom is -0.312 e. The zero-order chi connectivity index (χ0) is 14.4. The van der Waals surface area contributed by atoms with E-state index < -0.39 is 0 Å². The van der Waals surface area contributed by atoms with Crippen LogP contribution in [0, 0.1) is 5.92 Å². The fourth-order valence-corrected chi connectivity index (χ4v) is 4.98. The first-order valence-corrected chi connectivity index (χ1v) is 9.27. The van der Waals surface area contributed by atoms with E-state index >= 15 is 0 Å². The Labute approximate surface area is 126 Å². The van der Waals surface area contributed by atoms with Gasteiger partial charge in [0.25, 0.3) is 0 Å². The van der Waals surface area contributed by atoms with Crippen LogP contribution < -0.4 is 5.32 Å². The van der Waals surface area contributed by atoms with Crippen molar-refractivity contribution in [3.63, 3.8) is 0 Å². The number of likely N-dealkylation sites (tertiary alicyclic amines) is 1. The number of nitrogens with one attached hydrogen (secondary N) is 1. The minimum absolute atomic E-state index is 0.411. The summed E-state index contributed by atoms with van der Waals surface area (Å²) in [5.41, 5.74) is 0.411. The average molecular weight is 280 g/mol. The van der Waals surface area contributed by atoms with Crippen molar-refractivity contribution in [1.82, 2.24) is 10.2 Å². The average Bonchev–Trinajstić information content (AvgIpc) is 3.04. The smallest absolute Gasteiger partial charge is 0.0359 e. The van der Waals surface area contributed by atoms with Crippen LogP contribution in [0.4, 0.5) is 0 Å². The van der Waals surface area contributed by atoms with Crippen LogP contribution in [-0.2, 0) is 0 Å². The standard InChI is InChI=1S/C18H36N2/c1-4-18(5-2,20-14-10-11-15-20)17(19-6-3)16-12-8-7-9-13-16/h16-17,19H,4-15H2,1-3H3. The first-order valence-electron chi connectivity index (χ1n) is 9.27. The van der Waals surface area contributed by atoms with Crippen LogP contribution in [0.2, 0.25) is 0 Å². The summed E-state index contributed by atoms with van der Waals surface area (Å²) in [5, 5.41) is 3.93. The summed E-state index contributed by atoms with van der Waals surface area (Å²) in [4.78, 5) is 2.84. The van der Waals surface area contributed by atoms with Gasteiger partial charge in [-0.1, -0.05) is 40.0 Å². The van der Waals surface area contributed by atoms with E-state index in [9.17, 15) is 0 Å².